The average molecular weight is 609 g/mol. The fourth-order valence-corrected chi connectivity index (χ4v) is 5.99. The normalized spacial score (nSPS) is 22.5. The summed E-state index contributed by atoms with van der Waals surface area (Å²) in [5.74, 6) is -0.177. The van der Waals surface area contributed by atoms with Crippen LogP contribution in [0, 0.1) is 12.7 Å². The molecule has 0 saturated carbocycles. The first-order valence-electron chi connectivity index (χ1n) is 15.6. The number of carbonyl (C=O) groups is 1. The second-order valence-corrected chi connectivity index (χ2v) is 13.3. The summed E-state index contributed by atoms with van der Waals surface area (Å²) >= 11 is 0. The highest BCUT2D eigenvalue weighted by atomic mass is 19.1. The lowest BCUT2D eigenvalue weighted by atomic mass is 9.92. The lowest BCUT2D eigenvalue weighted by Gasteiger charge is -2.41. The van der Waals surface area contributed by atoms with Gasteiger partial charge in [0.15, 0.2) is 11.8 Å². The molecule has 6 rings (SSSR count). The summed E-state index contributed by atoms with van der Waals surface area (Å²) in [6.45, 7) is 13.5. The Morgan fingerprint density at radius 2 is 1.95 bits per heavy atom. The number of halogens is 1. The van der Waals surface area contributed by atoms with Crippen molar-refractivity contribution in [3.05, 3.63) is 58.7 Å². The number of hydrogen-bond acceptors (Lipinski definition) is 7. The molecule has 0 aliphatic carbocycles. The Bertz CT molecular complexity index is 1520. The third kappa shape index (κ3) is 7.41. The maximum absolute atomic E-state index is 14.2. The third-order valence-electron chi connectivity index (χ3n) is 8.34. The van der Waals surface area contributed by atoms with Gasteiger partial charge >= 0.3 is 5.97 Å². The molecular formula is C34H45FN4O5. The number of piperidine rings is 1. The average Bonchev–Trinajstić information content (AvgIpc) is 3.34. The molecule has 0 amide bonds. The number of rotatable bonds is 3. The molecule has 4 bridgehead atoms. The molecule has 1 fully saturated rings. The van der Waals surface area contributed by atoms with Crippen LogP contribution in [0.4, 0.5) is 10.2 Å². The molecule has 44 heavy (non-hydrogen) atoms. The Morgan fingerprint density at radius 3 is 2.66 bits per heavy atom. The van der Waals surface area contributed by atoms with E-state index in [2.05, 4.69) is 11.8 Å². The van der Waals surface area contributed by atoms with Crippen LogP contribution in [0.1, 0.15) is 95.3 Å². The third-order valence-corrected chi connectivity index (χ3v) is 8.34. The summed E-state index contributed by atoms with van der Waals surface area (Å²) in [4.78, 5) is 19.7. The molecule has 5 heterocycles. The van der Waals surface area contributed by atoms with Crippen LogP contribution in [-0.2, 0) is 20.7 Å². The van der Waals surface area contributed by atoms with Gasteiger partial charge in [-0.1, -0.05) is 12.1 Å². The predicted octanol–water partition coefficient (Wildman–Crippen LogP) is 6.70. The van der Waals surface area contributed by atoms with E-state index >= 15 is 0 Å². The first-order valence-corrected chi connectivity index (χ1v) is 15.6. The van der Waals surface area contributed by atoms with Crippen LogP contribution >= 0.6 is 0 Å². The van der Waals surface area contributed by atoms with Crippen LogP contribution in [0.25, 0.3) is 11.7 Å². The van der Waals surface area contributed by atoms with Crippen molar-refractivity contribution in [2.75, 3.05) is 24.6 Å². The van der Waals surface area contributed by atoms with Crippen LogP contribution in [0.2, 0.25) is 0 Å². The standard InChI is InChI=1S/C34H45FN4O5/c1-22-10-7-8-19-42-34(6)15-17-38(18-16-34)31-29(30(32(40)41)44-33(3,4)5)23(2)36-28-21-26(37-39(28)31)12-9-11-24-13-14-25(35)20-27(24)43-22/h9,12-14,20-22,30H,7-8,10-11,15-19H2,1-6H3,(H,40,41)/t22-,30-/m0/s1. The minimum Gasteiger partial charge on any atom is -0.490 e. The van der Waals surface area contributed by atoms with Gasteiger partial charge in [0.05, 0.1) is 28.6 Å². The van der Waals surface area contributed by atoms with Crippen molar-refractivity contribution < 1.29 is 28.5 Å². The maximum Gasteiger partial charge on any atom is 0.337 e. The summed E-state index contributed by atoms with van der Waals surface area (Å²) in [5, 5.41) is 15.3. The van der Waals surface area contributed by atoms with Gasteiger partial charge in [-0.3, -0.25) is 0 Å². The highest BCUT2D eigenvalue weighted by molar-refractivity contribution is 5.78. The predicted molar refractivity (Wildman–Crippen MR) is 168 cm³/mol. The second kappa shape index (κ2) is 12.9. The molecule has 3 aliphatic rings. The number of nitrogens with zero attached hydrogens (tertiary/aromatic N) is 4. The molecule has 2 aromatic heterocycles. The van der Waals surface area contributed by atoms with Crippen molar-refractivity contribution in [2.45, 2.75) is 103 Å². The van der Waals surface area contributed by atoms with Gasteiger partial charge < -0.3 is 24.2 Å². The van der Waals surface area contributed by atoms with E-state index in [1.54, 1.807) is 10.6 Å². The molecule has 238 valence electrons. The van der Waals surface area contributed by atoms with Gasteiger partial charge in [-0.2, -0.15) is 9.61 Å². The molecule has 1 N–H and O–H groups in total. The second-order valence-electron chi connectivity index (χ2n) is 13.3. The molecule has 2 atom stereocenters. The molecule has 0 spiro atoms. The SMILES string of the molecule is Cc1nc2cc3nn2c(c1[C@H](OC(C)(C)C)C(=O)O)N1CCC(C)(CC1)OCCCC[C@H](C)Oc1cc(F)ccc1CC=C3. The topological polar surface area (TPSA) is 98.4 Å². The Hall–Kier alpha value is -3.50. The minimum atomic E-state index is -1.22. The van der Waals surface area contributed by atoms with E-state index in [1.807, 2.05) is 52.8 Å². The van der Waals surface area contributed by atoms with Crippen molar-refractivity contribution in [3.8, 4) is 5.75 Å². The van der Waals surface area contributed by atoms with Gasteiger partial charge in [0.1, 0.15) is 17.4 Å². The first kappa shape index (κ1) is 31.9. The molecule has 10 heteroatoms. The molecule has 3 aromatic rings. The number of benzene rings is 1. The van der Waals surface area contributed by atoms with Gasteiger partial charge in [0, 0.05) is 37.5 Å². The van der Waals surface area contributed by atoms with Crippen molar-refractivity contribution in [1.29, 1.82) is 0 Å². The lowest BCUT2D eigenvalue weighted by Crippen LogP contribution is -2.46. The number of carboxylic acid groups (broad SMARTS) is 1. The number of hydrogen-bond donors (Lipinski definition) is 1. The van der Waals surface area contributed by atoms with E-state index in [9.17, 15) is 14.3 Å². The minimum absolute atomic E-state index is 0.0544. The Morgan fingerprint density at radius 1 is 1.20 bits per heavy atom. The van der Waals surface area contributed by atoms with Crippen LogP contribution in [0.5, 0.6) is 5.75 Å². The molecule has 3 aliphatic heterocycles. The monoisotopic (exact) mass is 608 g/mol. The molecule has 1 saturated heterocycles. The number of aryl methyl sites for hydroxylation is 1. The van der Waals surface area contributed by atoms with E-state index in [4.69, 9.17) is 24.3 Å². The fourth-order valence-electron chi connectivity index (χ4n) is 5.99. The van der Waals surface area contributed by atoms with Gasteiger partial charge in [-0.15, -0.1) is 0 Å². The van der Waals surface area contributed by atoms with E-state index < -0.39 is 17.7 Å². The Kier molecular flexibility index (Phi) is 9.32. The van der Waals surface area contributed by atoms with E-state index in [1.165, 1.54) is 12.1 Å². The zero-order chi connectivity index (χ0) is 31.6. The maximum atomic E-state index is 14.2. The Labute approximate surface area is 259 Å². The van der Waals surface area contributed by atoms with Crippen molar-refractivity contribution in [3.63, 3.8) is 0 Å². The number of ether oxygens (including phenoxy) is 3. The van der Waals surface area contributed by atoms with Crippen LogP contribution in [0.15, 0.2) is 30.3 Å². The van der Waals surface area contributed by atoms with Gasteiger partial charge in [-0.25, -0.2) is 14.2 Å². The smallest absolute Gasteiger partial charge is 0.337 e. The number of allylic oxidation sites excluding steroid dienone is 1. The summed E-state index contributed by atoms with van der Waals surface area (Å²) in [6, 6.07) is 6.54. The quantitative estimate of drug-likeness (QED) is 0.351. The van der Waals surface area contributed by atoms with E-state index in [0.29, 0.717) is 60.3 Å². The summed E-state index contributed by atoms with van der Waals surface area (Å²) in [7, 11) is 0. The number of aliphatic carboxylic acids is 1. The van der Waals surface area contributed by atoms with E-state index in [0.717, 1.165) is 37.7 Å². The molecule has 1 aromatic carbocycles. The van der Waals surface area contributed by atoms with Gasteiger partial charge in [-0.05, 0) is 97.8 Å². The number of anilines is 1. The number of carboxylic acids is 1. The van der Waals surface area contributed by atoms with Crippen molar-refractivity contribution in [1.82, 2.24) is 14.6 Å². The molecular weight excluding hydrogens is 563 g/mol. The zero-order valence-electron chi connectivity index (χ0n) is 26.7. The highest BCUT2D eigenvalue weighted by Crippen LogP contribution is 2.38. The van der Waals surface area contributed by atoms with Crippen molar-refractivity contribution >= 4 is 23.5 Å². The van der Waals surface area contributed by atoms with Crippen molar-refractivity contribution in [2.24, 2.45) is 0 Å². The summed E-state index contributed by atoms with van der Waals surface area (Å²) < 4.78 is 34.7. The fraction of sp³-hybridized carbons (Fsp3) is 0.559. The summed E-state index contributed by atoms with van der Waals surface area (Å²) in [6.07, 6.45) is 7.38. The molecule has 0 radical (unpaired) electrons. The van der Waals surface area contributed by atoms with E-state index in [-0.39, 0.29) is 17.5 Å². The zero-order valence-corrected chi connectivity index (χ0v) is 26.7. The van der Waals surface area contributed by atoms with Gasteiger partial charge in [0.25, 0.3) is 0 Å². The first-order chi connectivity index (χ1) is 20.8. The Balaban J connectivity index is 1.60. The van der Waals surface area contributed by atoms with Gasteiger partial charge in [0.2, 0.25) is 0 Å². The molecule has 0 unspecified atom stereocenters. The largest absolute Gasteiger partial charge is 0.490 e. The lowest BCUT2D eigenvalue weighted by molar-refractivity contribution is -0.160. The molecule has 9 nitrogen and oxygen atoms in total. The number of fused-ring (bicyclic) bond motifs is 9. The summed E-state index contributed by atoms with van der Waals surface area (Å²) in [5.41, 5.74) is 2.29. The van der Waals surface area contributed by atoms with Crippen LogP contribution in [0.3, 0.4) is 0 Å². The highest BCUT2D eigenvalue weighted by Gasteiger charge is 2.37. The van der Waals surface area contributed by atoms with Crippen LogP contribution in [-0.4, -0.2) is 62.7 Å². The van der Waals surface area contributed by atoms with Crippen LogP contribution < -0.4 is 9.64 Å². The number of aromatic nitrogens is 3.